The third kappa shape index (κ3) is 8.81. The van der Waals surface area contributed by atoms with E-state index in [4.69, 9.17) is 9.15 Å². The van der Waals surface area contributed by atoms with Crippen molar-refractivity contribution in [3.05, 3.63) is 42.2 Å². The van der Waals surface area contributed by atoms with Gasteiger partial charge in [0.25, 0.3) is 12.3 Å². The molecule has 0 saturated carbocycles. The Kier molecular flexibility index (Phi) is 11.0. The molecule has 0 bridgehead atoms. The van der Waals surface area contributed by atoms with E-state index in [-0.39, 0.29) is 31.1 Å². The molecular weight excluding hydrogens is 452 g/mol. The Labute approximate surface area is 196 Å². The van der Waals surface area contributed by atoms with E-state index >= 15 is 0 Å². The number of unbranched alkanes of at least 4 members (excludes halogenated alkanes) is 2. The third-order valence-electron chi connectivity index (χ3n) is 4.89. The monoisotopic (exact) mass is 481 g/mol. The van der Waals surface area contributed by atoms with E-state index in [0.29, 0.717) is 22.8 Å². The van der Waals surface area contributed by atoms with Crippen molar-refractivity contribution in [2.45, 2.75) is 39.0 Å². The molecule has 0 aliphatic heterocycles. The normalized spacial score (nSPS) is 11.7. The predicted octanol–water partition coefficient (Wildman–Crippen LogP) is 3.44. The lowest BCUT2D eigenvalue weighted by Gasteiger charge is -2.19. The number of alkyl halides is 2. The first-order valence-corrected chi connectivity index (χ1v) is 10.9. The van der Waals surface area contributed by atoms with Crippen molar-refractivity contribution in [2.75, 3.05) is 19.8 Å². The second kappa shape index (κ2) is 13.9. The van der Waals surface area contributed by atoms with Crippen LogP contribution in [0.25, 0.3) is 11.3 Å². The third-order valence-corrected chi connectivity index (χ3v) is 4.89. The van der Waals surface area contributed by atoms with Gasteiger partial charge in [0.15, 0.2) is 5.76 Å². The lowest BCUT2D eigenvalue weighted by Crippen LogP contribution is -2.42. The van der Waals surface area contributed by atoms with Crippen LogP contribution in [0.15, 0.2) is 40.8 Å². The molecule has 3 N–H and O–H groups in total. The first-order chi connectivity index (χ1) is 16.3. The van der Waals surface area contributed by atoms with Crippen LogP contribution in [-0.2, 0) is 9.59 Å². The van der Waals surface area contributed by atoms with Gasteiger partial charge in [0.2, 0.25) is 12.3 Å². The van der Waals surface area contributed by atoms with E-state index < -0.39 is 30.8 Å². The van der Waals surface area contributed by atoms with E-state index in [1.54, 1.807) is 18.2 Å². The Hall–Kier alpha value is -3.47. The van der Waals surface area contributed by atoms with Crippen LogP contribution in [0.2, 0.25) is 0 Å². The standard InChI is InChI=1S/C23H29F2N3O6/c1-2-3-4-6-17(12-28(32)15-29)22(30)26-14-27-23(31)20-10-9-19(34-20)16-7-5-8-18(11-16)33-13-21(24)25/h5,7-11,15,17,21,32H,2-4,6,12-14H2,1H3,(H,26,30)(H,27,31). The Morgan fingerprint density at radius 3 is 2.71 bits per heavy atom. The Morgan fingerprint density at radius 2 is 2.00 bits per heavy atom. The summed E-state index contributed by atoms with van der Waals surface area (Å²) < 4.78 is 35.2. The summed E-state index contributed by atoms with van der Waals surface area (Å²) >= 11 is 0. The summed E-state index contributed by atoms with van der Waals surface area (Å²) in [6, 6.07) is 9.35. The van der Waals surface area contributed by atoms with E-state index in [0.717, 1.165) is 19.3 Å². The van der Waals surface area contributed by atoms with Gasteiger partial charge >= 0.3 is 0 Å². The number of amides is 3. The summed E-state index contributed by atoms with van der Waals surface area (Å²) in [4.78, 5) is 35.5. The second-order valence-electron chi connectivity index (χ2n) is 7.54. The first-order valence-electron chi connectivity index (χ1n) is 10.9. The topological polar surface area (TPSA) is 121 Å². The number of hydrogen-bond donors (Lipinski definition) is 3. The van der Waals surface area contributed by atoms with Crippen molar-refractivity contribution in [3.63, 3.8) is 0 Å². The number of nitrogens with zero attached hydrogens (tertiary/aromatic N) is 1. The molecule has 9 nitrogen and oxygen atoms in total. The molecule has 0 saturated heterocycles. The van der Waals surface area contributed by atoms with Crippen LogP contribution in [0.5, 0.6) is 5.75 Å². The van der Waals surface area contributed by atoms with Crippen LogP contribution >= 0.6 is 0 Å². The lowest BCUT2D eigenvalue weighted by molar-refractivity contribution is -0.154. The summed E-state index contributed by atoms with van der Waals surface area (Å²) in [6.45, 7) is 0.967. The molecule has 0 radical (unpaired) electrons. The summed E-state index contributed by atoms with van der Waals surface area (Å²) in [7, 11) is 0. The van der Waals surface area contributed by atoms with E-state index in [1.807, 2.05) is 6.92 Å². The Balaban J connectivity index is 1.90. The average Bonchev–Trinajstić information content (AvgIpc) is 3.32. The van der Waals surface area contributed by atoms with Crippen molar-refractivity contribution in [3.8, 4) is 17.1 Å². The van der Waals surface area contributed by atoms with Crippen molar-refractivity contribution < 1.29 is 37.5 Å². The highest BCUT2D eigenvalue weighted by Gasteiger charge is 2.21. The van der Waals surface area contributed by atoms with Gasteiger partial charge in [-0.05, 0) is 30.7 Å². The highest BCUT2D eigenvalue weighted by Crippen LogP contribution is 2.26. The largest absolute Gasteiger partial charge is 0.488 e. The molecule has 1 atom stereocenters. The predicted molar refractivity (Wildman–Crippen MR) is 118 cm³/mol. The van der Waals surface area contributed by atoms with Crippen LogP contribution in [0.4, 0.5) is 8.78 Å². The van der Waals surface area contributed by atoms with Gasteiger partial charge < -0.3 is 19.8 Å². The van der Waals surface area contributed by atoms with E-state index in [2.05, 4.69) is 10.6 Å². The van der Waals surface area contributed by atoms with Gasteiger partial charge in [0.05, 0.1) is 19.1 Å². The molecule has 11 heteroatoms. The zero-order chi connectivity index (χ0) is 24.9. The molecule has 1 aromatic carbocycles. The number of carbonyl (C=O) groups is 3. The summed E-state index contributed by atoms with van der Waals surface area (Å²) in [5.41, 5.74) is 0.540. The molecule has 0 aliphatic rings. The van der Waals surface area contributed by atoms with Crippen LogP contribution in [0.3, 0.4) is 0 Å². The minimum atomic E-state index is -2.60. The number of hydroxylamine groups is 2. The van der Waals surface area contributed by atoms with Crippen LogP contribution < -0.4 is 15.4 Å². The number of halogens is 2. The number of nitrogens with one attached hydrogen (secondary N) is 2. The van der Waals surface area contributed by atoms with Crippen molar-refractivity contribution in [1.82, 2.24) is 15.7 Å². The van der Waals surface area contributed by atoms with E-state index in [9.17, 15) is 28.4 Å². The molecule has 2 rings (SSSR count). The van der Waals surface area contributed by atoms with Gasteiger partial charge in [-0.1, -0.05) is 38.3 Å². The summed E-state index contributed by atoms with van der Waals surface area (Å²) in [5, 5.41) is 14.9. The van der Waals surface area contributed by atoms with Crippen molar-refractivity contribution in [2.24, 2.45) is 5.92 Å². The van der Waals surface area contributed by atoms with Crippen LogP contribution in [0, 0.1) is 5.92 Å². The highest BCUT2D eigenvalue weighted by molar-refractivity contribution is 5.92. The quantitative estimate of drug-likeness (QED) is 0.118. The fraction of sp³-hybridized carbons (Fsp3) is 0.435. The molecule has 1 heterocycles. The molecular formula is C23H29F2N3O6. The Morgan fingerprint density at radius 1 is 1.21 bits per heavy atom. The molecule has 2 aromatic rings. The number of furan rings is 1. The first kappa shape index (κ1) is 26.8. The molecule has 1 unspecified atom stereocenters. The maximum Gasteiger partial charge on any atom is 0.288 e. The fourth-order valence-electron chi connectivity index (χ4n) is 3.17. The van der Waals surface area contributed by atoms with Gasteiger partial charge in [-0.25, -0.2) is 13.8 Å². The zero-order valence-electron chi connectivity index (χ0n) is 18.8. The van der Waals surface area contributed by atoms with Gasteiger partial charge in [0.1, 0.15) is 18.1 Å². The molecule has 0 aliphatic carbocycles. The van der Waals surface area contributed by atoms with Crippen molar-refractivity contribution >= 4 is 18.2 Å². The zero-order valence-corrected chi connectivity index (χ0v) is 18.8. The minimum absolute atomic E-state index is 0.00913. The smallest absolute Gasteiger partial charge is 0.288 e. The van der Waals surface area contributed by atoms with Gasteiger partial charge in [0, 0.05) is 5.56 Å². The maximum atomic E-state index is 12.4. The summed E-state index contributed by atoms with van der Waals surface area (Å²) in [5.74, 6) is -1.02. The SMILES string of the molecule is CCCCCC(CN(O)C=O)C(=O)NCNC(=O)c1ccc(-c2cccc(OCC(F)F)c2)o1. The van der Waals surface area contributed by atoms with Gasteiger partial charge in [-0.3, -0.25) is 19.6 Å². The fourth-order valence-corrected chi connectivity index (χ4v) is 3.17. The van der Waals surface area contributed by atoms with Crippen molar-refractivity contribution in [1.29, 1.82) is 0 Å². The van der Waals surface area contributed by atoms with Gasteiger partial charge in [-0.15, -0.1) is 0 Å². The summed E-state index contributed by atoms with van der Waals surface area (Å²) in [6.07, 6.45) is 0.755. The molecule has 0 fully saturated rings. The molecule has 0 spiro atoms. The average molecular weight is 481 g/mol. The minimum Gasteiger partial charge on any atom is -0.488 e. The molecule has 3 amide bonds. The maximum absolute atomic E-state index is 12.4. The second-order valence-corrected chi connectivity index (χ2v) is 7.54. The molecule has 1 aromatic heterocycles. The Bertz CT molecular complexity index is 937. The van der Waals surface area contributed by atoms with Crippen LogP contribution in [0.1, 0.15) is 43.2 Å². The van der Waals surface area contributed by atoms with Gasteiger partial charge in [-0.2, -0.15) is 0 Å². The van der Waals surface area contributed by atoms with Crippen LogP contribution in [-0.4, -0.2) is 54.7 Å². The number of carbonyl (C=O) groups excluding carboxylic acids is 3. The molecule has 34 heavy (non-hydrogen) atoms. The number of hydrogen-bond acceptors (Lipinski definition) is 6. The number of ether oxygens (including phenoxy) is 1. The highest BCUT2D eigenvalue weighted by atomic mass is 19.3. The lowest BCUT2D eigenvalue weighted by atomic mass is 10.0. The molecule has 186 valence electrons. The number of benzene rings is 1. The van der Waals surface area contributed by atoms with E-state index in [1.165, 1.54) is 18.2 Å². The number of rotatable bonds is 15.